The summed E-state index contributed by atoms with van der Waals surface area (Å²) >= 11 is 11.7. The number of carbonyl (C=O) groups excluding carboxylic acids is 1. The van der Waals surface area contributed by atoms with Crippen LogP contribution in [0.15, 0.2) is 30.5 Å². The average Bonchev–Trinajstić information content (AvgIpc) is 3.15. The molecule has 2 N–H and O–H groups in total. The van der Waals surface area contributed by atoms with Crippen molar-refractivity contribution >= 4 is 40.6 Å². The number of amides is 1. The normalized spacial score (nSPS) is 14.9. The van der Waals surface area contributed by atoms with Gasteiger partial charge < -0.3 is 10.6 Å². The van der Waals surface area contributed by atoms with E-state index in [9.17, 15) is 18.0 Å². The second-order valence-electron chi connectivity index (χ2n) is 6.73. The number of aromatic nitrogens is 1. The molecule has 2 aromatic rings. The molecule has 3 rings (SSSR count). The van der Waals surface area contributed by atoms with Gasteiger partial charge in [0, 0.05) is 18.4 Å². The van der Waals surface area contributed by atoms with Crippen LogP contribution in [0.3, 0.4) is 0 Å². The van der Waals surface area contributed by atoms with Gasteiger partial charge in [0.25, 0.3) is 5.91 Å². The Balaban J connectivity index is 1.80. The lowest BCUT2D eigenvalue weighted by molar-refractivity contribution is -0.137. The number of hydrogen-bond acceptors (Lipinski definition) is 3. The summed E-state index contributed by atoms with van der Waals surface area (Å²) in [4.78, 5) is 16.3. The number of alkyl halides is 3. The first-order chi connectivity index (χ1) is 13.2. The molecule has 1 saturated carbocycles. The lowest BCUT2D eigenvalue weighted by atomic mass is 10.1. The molecule has 4 nitrogen and oxygen atoms in total. The van der Waals surface area contributed by atoms with Crippen molar-refractivity contribution in [2.45, 2.75) is 31.9 Å². The molecule has 0 bridgehead atoms. The van der Waals surface area contributed by atoms with Gasteiger partial charge in [-0.25, -0.2) is 4.98 Å². The molecule has 1 aliphatic carbocycles. The number of anilines is 2. The summed E-state index contributed by atoms with van der Waals surface area (Å²) in [5.74, 6) is -0.507. The monoisotopic (exact) mass is 431 g/mol. The third-order valence-corrected chi connectivity index (χ3v) is 5.41. The fourth-order valence-electron chi connectivity index (χ4n) is 3.21. The van der Waals surface area contributed by atoms with Crippen molar-refractivity contribution in [1.29, 1.82) is 0 Å². The van der Waals surface area contributed by atoms with Gasteiger partial charge in [-0.3, -0.25) is 4.79 Å². The van der Waals surface area contributed by atoms with Crippen LogP contribution >= 0.6 is 23.2 Å². The number of nitrogens with zero attached hydrogens (tertiary/aromatic N) is 1. The van der Waals surface area contributed by atoms with Gasteiger partial charge >= 0.3 is 6.18 Å². The van der Waals surface area contributed by atoms with Gasteiger partial charge in [-0.1, -0.05) is 36.0 Å². The molecule has 9 heteroatoms. The highest BCUT2D eigenvalue weighted by molar-refractivity contribution is 6.42. The maximum Gasteiger partial charge on any atom is 0.417 e. The molecule has 0 aliphatic heterocycles. The standard InChI is InChI=1S/C19H18Cl2F3N3O/c20-15-6-5-12(7-16(15)21)27-17-8-14(19(22,23)24)13(10-25-17)18(28)26-9-11-3-1-2-4-11/h5-8,10-11H,1-4,9H2,(H,25,27)(H,26,28). The Labute approximate surface area is 170 Å². The van der Waals surface area contributed by atoms with Crippen LogP contribution < -0.4 is 10.6 Å². The van der Waals surface area contributed by atoms with Gasteiger partial charge in [-0.05, 0) is 43.0 Å². The van der Waals surface area contributed by atoms with E-state index in [1.54, 1.807) is 6.07 Å². The number of nitrogens with one attached hydrogen (secondary N) is 2. The van der Waals surface area contributed by atoms with E-state index >= 15 is 0 Å². The summed E-state index contributed by atoms with van der Waals surface area (Å²) in [7, 11) is 0. The van der Waals surface area contributed by atoms with Crippen LogP contribution in [0.1, 0.15) is 41.6 Å². The molecular weight excluding hydrogens is 414 g/mol. The quantitative estimate of drug-likeness (QED) is 0.603. The first kappa shape index (κ1) is 20.7. The number of rotatable bonds is 5. The van der Waals surface area contributed by atoms with Crippen LogP contribution in [0, 0.1) is 5.92 Å². The van der Waals surface area contributed by atoms with Crippen LogP contribution in [0.2, 0.25) is 10.0 Å². The van der Waals surface area contributed by atoms with Crippen LogP contribution in [-0.2, 0) is 6.18 Å². The van der Waals surface area contributed by atoms with Crippen molar-refractivity contribution < 1.29 is 18.0 Å². The maximum atomic E-state index is 13.5. The highest BCUT2D eigenvalue weighted by Crippen LogP contribution is 2.34. The molecule has 0 atom stereocenters. The molecule has 150 valence electrons. The first-order valence-electron chi connectivity index (χ1n) is 8.81. The molecule has 1 heterocycles. The number of halogens is 5. The van der Waals surface area contributed by atoms with Crippen molar-refractivity contribution in [2.75, 3.05) is 11.9 Å². The van der Waals surface area contributed by atoms with Crippen molar-refractivity contribution in [1.82, 2.24) is 10.3 Å². The number of benzene rings is 1. The predicted molar refractivity (Wildman–Crippen MR) is 103 cm³/mol. The largest absolute Gasteiger partial charge is 0.417 e. The zero-order chi connectivity index (χ0) is 20.3. The Morgan fingerprint density at radius 2 is 1.86 bits per heavy atom. The lowest BCUT2D eigenvalue weighted by Crippen LogP contribution is -2.30. The first-order valence-corrected chi connectivity index (χ1v) is 9.57. The van der Waals surface area contributed by atoms with E-state index in [2.05, 4.69) is 15.6 Å². The molecule has 1 aromatic carbocycles. The second kappa shape index (κ2) is 8.57. The molecule has 0 unspecified atom stereocenters. The molecule has 0 radical (unpaired) electrons. The van der Waals surface area contributed by atoms with Gasteiger partial charge in [-0.15, -0.1) is 0 Å². The zero-order valence-electron chi connectivity index (χ0n) is 14.7. The van der Waals surface area contributed by atoms with Crippen LogP contribution in [-0.4, -0.2) is 17.4 Å². The lowest BCUT2D eigenvalue weighted by Gasteiger charge is -2.16. The topological polar surface area (TPSA) is 54.0 Å². The summed E-state index contributed by atoms with van der Waals surface area (Å²) in [6.45, 7) is 0.374. The summed E-state index contributed by atoms with van der Waals surface area (Å²) < 4.78 is 40.5. The Morgan fingerprint density at radius 3 is 2.50 bits per heavy atom. The second-order valence-corrected chi connectivity index (χ2v) is 7.54. The van der Waals surface area contributed by atoms with Gasteiger partial charge in [-0.2, -0.15) is 13.2 Å². The van der Waals surface area contributed by atoms with Gasteiger partial charge in [0.1, 0.15) is 5.82 Å². The van der Waals surface area contributed by atoms with Crippen LogP contribution in [0.4, 0.5) is 24.7 Å². The summed E-state index contributed by atoms with van der Waals surface area (Å²) in [6.07, 6.45) is 0.383. The van der Waals surface area contributed by atoms with E-state index in [4.69, 9.17) is 23.2 Å². The Bertz CT molecular complexity index is 868. The van der Waals surface area contributed by atoms with Crippen LogP contribution in [0.5, 0.6) is 0 Å². The molecule has 0 spiro atoms. The summed E-state index contributed by atoms with van der Waals surface area (Å²) in [6, 6.07) is 5.36. The van der Waals surface area contributed by atoms with Gasteiger partial charge in [0.2, 0.25) is 0 Å². The Morgan fingerprint density at radius 1 is 1.14 bits per heavy atom. The molecule has 1 aliphatic rings. The van der Waals surface area contributed by atoms with Gasteiger partial charge in [0.05, 0.1) is 21.2 Å². The molecule has 0 saturated heterocycles. The third kappa shape index (κ3) is 5.08. The van der Waals surface area contributed by atoms with E-state index in [0.29, 0.717) is 23.2 Å². The molecule has 28 heavy (non-hydrogen) atoms. The number of pyridine rings is 1. The van der Waals surface area contributed by atoms with E-state index in [1.807, 2.05) is 0 Å². The molecule has 1 amide bonds. The van der Waals surface area contributed by atoms with Crippen molar-refractivity contribution in [3.05, 3.63) is 51.6 Å². The molecule has 1 aromatic heterocycles. The van der Waals surface area contributed by atoms with Crippen LogP contribution in [0.25, 0.3) is 0 Å². The summed E-state index contributed by atoms with van der Waals surface area (Å²) in [5, 5.41) is 5.93. The highest BCUT2D eigenvalue weighted by Gasteiger charge is 2.36. The van der Waals surface area contributed by atoms with Crippen molar-refractivity contribution in [3.8, 4) is 0 Å². The SMILES string of the molecule is O=C(NCC1CCCC1)c1cnc(Nc2ccc(Cl)c(Cl)c2)cc1C(F)(F)F. The Hall–Kier alpha value is -1.99. The predicted octanol–water partition coefficient (Wildman–Crippen LogP) is 6.07. The minimum atomic E-state index is -4.70. The van der Waals surface area contributed by atoms with Crippen molar-refractivity contribution in [2.24, 2.45) is 5.92 Å². The highest BCUT2D eigenvalue weighted by atomic mass is 35.5. The van der Waals surface area contributed by atoms with E-state index in [-0.39, 0.29) is 10.8 Å². The smallest absolute Gasteiger partial charge is 0.352 e. The minimum absolute atomic E-state index is 0.0574. The molecular formula is C19H18Cl2F3N3O. The average molecular weight is 432 g/mol. The molecule has 1 fully saturated rings. The Kier molecular flexibility index (Phi) is 6.35. The van der Waals surface area contributed by atoms with E-state index in [1.165, 1.54) is 12.1 Å². The number of carbonyl (C=O) groups is 1. The van der Waals surface area contributed by atoms with E-state index in [0.717, 1.165) is 37.9 Å². The van der Waals surface area contributed by atoms with Crippen molar-refractivity contribution in [3.63, 3.8) is 0 Å². The number of hydrogen-bond donors (Lipinski definition) is 2. The third-order valence-electron chi connectivity index (χ3n) is 4.67. The fraction of sp³-hybridized carbons (Fsp3) is 0.368. The summed E-state index contributed by atoms with van der Waals surface area (Å²) in [5.41, 5.74) is -1.12. The maximum absolute atomic E-state index is 13.5. The minimum Gasteiger partial charge on any atom is -0.352 e. The fourth-order valence-corrected chi connectivity index (χ4v) is 3.51. The zero-order valence-corrected chi connectivity index (χ0v) is 16.3. The van der Waals surface area contributed by atoms with Gasteiger partial charge in [0.15, 0.2) is 0 Å². The van der Waals surface area contributed by atoms with E-state index < -0.39 is 23.2 Å².